The second kappa shape index (κ2) is 6.60. The zero-order valence-corrected chi connectivity index (χ0v) is 13.6. The zero-order chi connectivity index (χ0) is 17.1. The van der Waals surface area contributed by atoms with Gasteiger partial charge < -0.3 is 5.11 Å². The molecule has 0 amide bonds. The van der Waals surface area contributed by atoms with E-state index in [0.717, 1.165) is 10.5 Å². The standard InChI is InChI=1S/C18H13N3O2S/c1-24-15-8-4-13(5-9-15)17-10-16(18(22)23)20-21(17)14-6-2-12(11-19)3-7-14/h2-10H,1H3,(H,22,23). The topological polar surface area (TPSA) is 78.9 Å². The summed E-state index contributed by atoms with van der Waals surface area (Å²) < 4.78 is 1.58. The number of thioether (sulfide) groups is 1. The van der Waals surface area contributed by atoms with Gasteiger partial charge in [0.25, 0.3) is 0 Å². The van der Waals surface area contributed by atoms with Crippen molar-refractivity contribution in [3.63, 3.8) is 0 Å². The minimum atomic E-state index is -1.08. The maximum atomic E-state index is 11.3. The van der Waals surface area contributed by atoms with Crippen LogP contribution in [-0.4, -0.2) is 27.1 Å². The molecule has 1 aromatic heterocycles. The molecule has 3 rings (SSSR count). The number of aromatic carboxylic acids is 1. The maximum absolute atomic E-state index is 11.3. The number of carboxylic acid groups (broad SMARTS) is 1. The van der Waals surface area contributed by atoms with Crippen molar-refractivity contribution in [2.75, 3.05) is 6.26 Å². The second-order valence-corrected chi connectivity index (χ2v) is 5.90. The van der Waals surface area contributed by atoms with Gasteiger partial charge in [-0.2, -0.15) is 10.4 Å². The average Bonchev–Trinajstić information content (AvgIpc) is 3.07. The van der Waals surface area contributed by atoms with E-state index in [-0.39, 0.29) is 5.69 Å². The summed E-state index contributed by atoms with van der Waals surface area (Å²) in [5, 5.41) is 22.3. The molecule has 6 heteroatoms. The maximum Gasteiger partial charge on any atom is 0.356 e. The van der Waals surface area contributed by atoms with E-state index in [1.807, 2.05) is 30.5 Å². The number of hydrogen-bond acceptors (Lipinski definition) is 4. The van der Waals surface area contributed by atoms with E-state index in [0.29, 0.717) is 16.9 Å². The van der Waals surface area contributed by atoms with E-state index >= 15 is 0 Å². The summed E-state index contributed by atoms with van der Waals surface area (Å²) in [5.74, 6) is -1.08. The molecule has 1 heterocycles. The van der Waals surface area contributed by atoms with Crippen LogP contribution in [0.5, 0.6) is 0 Å². The van der Waals surface area contributed by atoms with Crippen LogP contribution in [0.4, 0.5) is 0 Å². The SMILES string of the molecule is CSc1ccc(-c2cc(C(=O)O)nn2-c2ccc(C#N)cc2)cc1. The van der Waals surface area contributed by atoms with Crippen LogP contribution in [0.15, 0.2) is 59.5 Å². The van der Waals surface area contributed by atoms with Crippen LogP contribution in [0.1, 0.15) is 16.1 Å². The molecule has 0 aliphatic carbocycles. The highest BCUT2D eigenvalue weighted by atomic mass is 32.2. The zero-order valence-electron chi connectivity index (χ0n) is 12.8. The summed E-state index contributed by atoms with van der Waals surface area (Å²) in [6.07, 6.45) is 2.00. The van der Waals surface area contributed by atoms with Gasteiger partial charge in [-0.1, -0.05) is 12.1 Å². The van der Waals surface area contributed by atoms with Crippen LogP contribution in [-0.2, 0) is 0 Å². The van der Waals surface area contributed by atoms with Crippen molar-refractivity contribution in [2.45, 2.75) is 4.90 Å². The first-order valence-electron chi connectivity index (χ1n) is 7.10. The lowest BCUT2D eigenvalue weighted by molar-refractivity contribution is 0.0690. The van der Waals surface area contributed by atoms with Crippen molar-refractivity contribution in [2.24, 2.45) is 0 Å². The Morgan fingerprint density at radius 3 is 2.38 bits per heavy atom. The van der Waals surface area contributed by atoms with Gasteiger partial charge in [0.05, 0.1) is 23.0 Å². The number of carboxylic acids is 1. The van der Waals surface area contributed by atoms with Gasteiger partial charge in [-0.05, 0) is 48.7 Å². The summed E-state index contributed by atoms with van der Waals surface area (Å²) in [7, 11) is 0. The van der Waals surface area contributed by atoms with Gasteiger partial charge in [0.1, 0.15) is 0 Å². The molecule has 0 aliphatic rings. The summed E-state index contributed by atoms with van der Waals surface area (Å²) in [6.45, 7) is 0. The smallest absolute Gasteiger partial charge is 0.356 e. The Hall–Kier alpha value is -3.04. The average molecular weight is 335 g/mol. The fourth-order valence-electron chi connectivity index (χ4n) is 2.33. The van der Waals surface area contributed by atoms with Crippen LogP contribution < -0.4 is 0 Å². The van der Waals surface area contributed by atoms with E-state index in [2.05, 4.69) is 11.2 Å². The quantitative estimate of drug-likeness (QED) is 0.733. The minimum Gasteiger partial charge on any atom is -0.476 e. The number of rotatable bonds is 4. The molecule has 0 radical (unpaired) electrons. The van der Waals surface area contributed by atoms with Gasteiger partial charge in [0.2, 0.25) is 0 Å². The first-order valence-corrected chi connectivity index (χ1v) is 8.33. The van der Waals surface area contributed by atoms with E-state index in [1.54, 1.807) is 46.8 Å². The molecular formula is C18H13N3O2S. The van der Waals surface area contributed by atoms with Crippen LogP contribution in [0.2, 0.25) is 0 Å². The molecule has 5 nitrogen and oxygen atoms in total. The molecule has 24 heavy (non-hydrogen) atoms. The molecule has 1 N–H and O–H groups in total. The number of nitriles is 1. The van der Waals surface area contributed by atoms with E-state index < -0.39 is 5.97 Å². The fourth-order valence-corrected chi connectivity index (χ4v) is 2.74. The molecule has 0 saturated carbocycles. The predicted octanol–water partition coefficient (Wildman–Crippen LogP) is 3.83. The van der Waals surface area contributed by atoms with Crippen LogP contribution >= 0.6 is 11.8 Å². The third kappa shape index (κ3) is 3.03. The summed E-state index contributed by atoms with van der Waals surface area (Å²) in [6, 6.07) is 18.3. The molecule has 118 valence electrons. The van der Waals surface area contributed by atoms with Crippen molar-refractivity contribution < 1.29 is 9.90 Å². The first-order chi connectivity index (χ1) is 11.6. The summed E-state index contributed by atoms with van der Waals surface area (Å²) >= 11 is 1.64. The van der Waals surface area contributed by atoms with Crippen LogP contribution in [0.3, 0.4) is 0 Å². The monoisotopic (exact) mass is 335 g/mol. The van der Waals surface area contributed by atoms with Crippen LogP contribution in [0, 0.1) is 11.3 Å². The Bertz CT molecular complexity index is 922. The predicted molar refractivity (Wildman–Crippen MR) is 92.5 cm³/mol. The van der Waals surface area contributed by atoms with Gasteiger partial charge in [0, 0.05) is 10.5 Å². The Morgan fingerprint density at radius 1 is 1.17 bits per heavy atom. The minimum absolute atomic E-state index is 0.0247. The van der Waals surface area contributed by atoms with Gasteiger partial charge in [0.15, 0.2) is 5.69 Å². The highest BCUT2D eigenvalue weighted by Gasteiger charge is 2.16. The lowest BCUT2D eigenvalue weighted by atomic mass is 10.1. The Kier molecular flexibility index (Phi) is 4.36. The summed E-state index contributed by atoms with van der Waals surface area (Å²) in [4.78, 5) is 12.4. The van der Waals surface area contributed by atoms with Gasteiger partial charge >= 0.3 is 5.97 Å². The highest BCUT2D eigenvalue weighted by molar-refractivity contribution is 7.98. The molecular weight excluding hydrogens is 322 g/mol. The Morgan fingerprint density at radius 2 is 1.83 bits per heavy atom. The van der Waals surface area contributed by atoms with Gasteiger partial charge in [-0.25, -0.2) is 9.48 Å². The van der Waals surface area contributed by atoms with Crippen molar-refractivity contribution in [1.82, 2.24) is 9.78 Å². The Labute approximate surface area is 143 Å². The lowest BCUT2D eigenvalue weighted by Gasteiger charge is -2.08. The summed E-state index contributed by atoms with van der Waals surface area (Å²) in [5.41, 5.74) is 2.77. The molecule has 0 bridgehead atoms. The van der Waals surface area contributed by atoms with Crippen molar-refractivity contribution in [3.8, 4) is 23.0 Å². The molecule has 0 saturated heterocycles. The third-order valence-electron chi connectivity index (χ3n) is 3.56. The molecule has 0 aliphatic heterocycles. The fraction of sp³-hybridized carbons (Fsp3) is 0.0556. The molecule has 0 unspecified atom stereocenters. The highest BCUT2D eigenvalue weighted by Crippen LogP contribution is 2.26. The Balaban J connectivity index is 2.13. The largest absolute Gasteiger partial charge is 0.476 e. The molecule has 0 fully saturated rings. The van der Waals surface area contributed by atoms with Gasteiger partial charge in [-0.15, -0.1) is 11.8 Å². The van der Waals surface area contributed by atoms with E-state index in [4.69, 9.17) is 5.26 Å². The second-order valence-electron chi connectivity index (χ2n) is 5.02. The van der Waals surface area contributed by atoms with Gasteiger partial charge in [-0.3, -0.25) is 0 Å². The van der Waals surface area contributed by atoms with Crippen molar-refractivity contribution >= 4 is 17.7 Å². The number of hydrogen-bond donors (Lipinski definition) is 1. The lowest BCUT2D eigenvalue weighted by Crippen LogP contribution is -2.02. The molecule has 3 aromatic rings. The molecule has 2 aromatic carbocycles. The number of carbonyl (C=O) groups is 1. The normalized spacial score (nSPS) is 10.3. The molecule has 0 spiro atoms. The van der Waals surface area contributed by atoms with Crippen LogP contribution in [0.25, 0.3) is 16.9 Å². The van der Waals surface area contributed by atoms with E-state index in [1.165, 1.54) is 0 Å². The molecule has 0 atom stereocenters. The van der Waals surface area contributed by atoms with E-state index in [9.17, 15) is 9.90 Å². The third-order valence-corrected chi connectivity index (χ3v) is 4.30. The van der Waals surface area contributed by atoms with Crippen molar-refractivity contribution in [1.29, 1.82) is 5.26 Å². The van der Waals surface area contributed by atoms with Crippen molar-refractivity contribution in [3.05, 3.63) is 65.9 Å². The number of benzene rings is 2. The number of aromatic nitrogens is 2. The number of nitrogens with zero attached hydrogens (tertiary/aromatic N) is 3. The first kappa shape index (κ1) is 15.8.